The van der Waals surface area contributed by atoms with Crippen LogP contribution in [0.5, 0.6) is 0 Å². The molecule has 0 radical (unpaired) electrons. The maximum Gasteiger partial charge on any atom is 0.331 e. The molecule has 1 aromatic carbocycles. The van der Waals surface area contributed by atoms with Crippen molar-refractivity contribution < 1.29 is 127 Å². The number of esters is 1. The first-order valence-electron chi connectivity index (χ1n) is 31.3. The van der Waals surface area contributed by atoms with Crippen LogP contribution in [0.4, 0.5) is 0 Å². The predicted octanol–water partition coefficient (Wildman–Crippen LogP) is 0.349. The van der Waals surface area contributed by atoms with Crippen LogP contribution in [0.15, 0.2) is 48.1 Å². The van der Waals surface area contributed by atoms with Crippen molar-refractivity contribution in [3.63, 3.8) is 0 Å². The van der Waals surface area contributed by atoms with E-state index >= 15 is 0 Å². The summed E-state index contributed by atoms with van der Waals surface area (Å²) in [5.41, 5.74) is -6.47. The minimum atomic E-state index is -2.07. The topological polar surface area (TPSA) is 366 Å². The molecule has 5 heterocycles. The molecule has 5 aliphatic heterocycles. The maximum atomic E-state index is 13.7. The number of ketones is 1. The van der Waals surface area contributed by atoms with E-state index in [0.29, 0.717) is 25.7 Å². The number of hydrogen-bond acceptors (Lipinski definition) is 26. The van der Waals surface area contributed by atoms with Crippen molar-refractivity contribution in [3.05, 3.63) is 53.6 Å². The molecule has 10 N–H and O–H groups in total. The van der Waals surface area contributed by atoms with Crippen molar-refractivity contribution in [2.75, 3.05) is 34.5 Å². The molecule has 8 fully saturated rings. The molecule has 502 valence electrons. The molecule has 9 aliphatic rings. The Labute approximate surface area is 518 Å². The molecular weight excluding hydrogens is 1170 g/mol. The van der Waals surface area contributed by atoms with Gasteiger partial charge in [-0.15, -0.1) is 0 Å². The smallest absolute Gasteiger partial charge is 0.331 e. The number of carbonyl (C=O) groups is 2. The van der Waals surface area contributed by atoms with Crippen molar-refractivity contribution in [2.45, 2.75) is 270 Å². The minimum Gasteiger partial charge on any atom is -0.458 e. The Balaban J connectivity index is 0.727. The third kappa shape index (κ3) is 12.6. The van der Waals surface area contributed by atoms with Crippen LogP contribution in [0.3, 0.4) is 0 Å². The first-order chi connectivity index (χ1) is 42.2. The highest BCUT2D eigenvalue weighted by Crippen LogP contribution is 2.71. The molecule has 0 unspecified atom stereocenters. The van der Waals surface area contributed by atoms with Gasteiger partial charge in [0, 0.05) is 52.6 Å². The largest absolute Gasteiger partial charge is 0.458 e. The Morgan fingerprint density at radius 3 is 1.72 bits per heavy atom. The van der Waals surface area contributed by atoms with Crippen molar-refractivity contribution in [2.24, 2.45) is 16.7 Å². The van der Waals surface area contributed by atoms with Gasteiger partial charge >= 0.3 is 5.97 Å². The SMILES string of the molecule is CO[C@H]1C[C@H](O[C@H]2CC[C@@]3(C)C(=CC[C@]4(O)[C@@H]3C[C@@H](OC(=O)/C=C/c3ccccc3)[C@@]3(C)[C@]4(O)CC[C@@]3(O)C(C)=O)C2)O[C@H](C)[C@H]1O[C@H]1C[C@H](OC)[C@H](O[C@H]2C[C@@H](OC)[C@H](O[C@@H]3O[C@H](CO[C@@H]4O[C@H](CO)[C@@H](O)[C@H](O)[C@H]4O)[C@@H](O)[C@H](O)[C@H]3O)[C@@H](C)O2)[C@@H](C)O1. The highest BCUT2D eigenvalue weighted by atomic mass is 16.8. The predicted molar refractivity (Wildman–Crippen MR) is 306 cm³/mol. The fourth-order valence-corrected chi connectivity index (χ4v) is 16.2. The van der Waals surface area contributed by atoms with Gasteiger partial charge in [0.05, 0.1) is 61.4 Å². The lowest BCUT2D eigenvalue weighted by molar-refractivity contribution is -0.362. The third-order valence-electron chi connectivity index (χ3n) is 21.6. The molecule has 1 aromatic rings. The van der Waals surface area contributed by atoms with Gasteiger partial charge in [-0.3, -0.25) is 4.79 Å². The number of aliphatic hydroxyl groups excluding tert-OH is 7. The summed E-state index contributed by atoms with van der Waals surface area (Å²) in [6.07, 6.45) is -18.2. The average Bonchev–Trinajstić information content (AvgIpc) is 1.60. The summed E-state index contributed by atoms with van der Waals surface area (Å²) in [5.74, 6) is -1.89. The van der Waals surface area contributed by atoms with E-state index in [1.165, 1.54) is 20.1 Å². The van der Waals surface area contributed by atoms with Crippen LogP contribution in [0.1, 0.15) is 111 Å². The van der Waals surface area contributed by atoms with Crippen LogP contribution in [0.2, 0.25) is 0 Å². The fraction of sp³-hybridized carbons (Fsp3) is 0.810. The van der Waals surface area contributed by atoms with Gasteiger partial charge < -0.3 is 117 Å². The Bertz CT molecular complexity index is 2630. The van der Waals surface area contributed by atoms with Crippen LogP contribution < -0.4 is 0 Å². The fourth-order valence-electron chi connectivity index (χ4n) is 16.2. The monoisotopic (exact) mass is 1270 g/mol. The lowest BCUT2D eigenvalue weighted by atomic mass is 9.42. The lowest BCUT2D eigenvalue weighted by Gasteiger charge is -2.67. The van der Waals surface area contributed by atoms with Gasteiger partial charge in [-0.25, -0.2) is 4.79 Å². The molecule has 30 atom stereocenters. The van der Waals surface area contributed by atoms with Crippen molar-refractivity contribution >= 4 is 17.8 Å². The molecule has 10 rings (SSSR count). The Morgan fingerprint density at radius 1 is 0.640 bits per heavy atom. The Morgan fingerprint density at radius 2 is 1.17 bits per heavy atom. The molecule has 26 nitrogen and oxygen atoms in total. The minimum absolute atomic E-state index is 0.0511. The van der Waals surface area contributed by atoms with Gasteiger partial charge in [-0.1, -0.05) is 48.9 Å². The summed E-state index contributed by atoms with van der Waals surface area (Å²) in [4.78, 5) is 27.0. The third-order valence-corrected chi connectivity index (χ3v) is 21.6. The first kappa shape index (κ1) is 68.8. The number of fused-ring (bicyclic) bond motifs is 5. The molecule has 26 heteroatoms. The zero-order valence-electron chi connectivity index (χ0n) is 52.0. The van der Waals surface area contributed by atoms with Gasteiger partial charge in [-0.05, 0) is 96.6 Å². The summed E-state index contributed by atoms with van der Waals surface area (Å²) in [5, 5.41) is 111. The van der Waals surface area contributed by atoms with Crippen LogP contribution in [0, 0.1) is 16.7 Å². The molecule has 4 aliphatic carbocycles. The van der Waals surface area contributed by atoms with E-state index in [0.717, 1.165) is 11.1 Å². The zero-order valence-corrected chi connectivity index (χ0v) is 52.0. The second-order valence-corrected chi connectivity index (χ2v) is 26.4. The van der Waals surface area contributed by atoms with Crippen molar-refractivity contribution in [3.8, 4) is 0 Å². The number of rotatable bonds is 19. The molecule has 0 bridgehead atoms. The van der Waals surface area contributed by atoms with Crippen LogP contribution >= 0.6 is 0 Å². The molecule has 0 spiro atoms. The summed E-state index contributed by atoms with van der Waals surface area (Å²) in [6, 6.07) is 9.23. The quantitative estimate of drug-likeness (QED) is 0.0507. The normalized spacial score (nSPS) is 49.3. The van der Waals surface area contributed by atoms with E-state index < -0.39 is 200 Å². The average molecular weight is 1270 g/mol. The van der Waals surface area contributed by atoms with E-state index in [1.807, 2.05) is 50.3 Å². The molecule has 3 saturated carbocycles. The highest BCUT2D eigenvalue weighted by Gasteiger charge is 2.81. The number of methoxy groups -OCH3 is 3. The lowest BCUT2D eigenvalue weighted by Crippen LogP contribution is -2.78. The second-order valence-electron chi connectivity index (χ2n) is 26.4. The van der Waals surface area contributed by atoms with Crippen LogP contribution in [-0.4, -0.2) is 262 Å². The second kappa shape index (κ2) is 27.3. The summed E-state index contributed by atoms with van der Waals surface area (Å²) >= 11 is 0. The number of carbonyl (C=O) groups excluding carboxylic acids is 2. The van der Waals surface area contributed by atoms with E-state index in [4.69, 9.17) is 66.3 Å². The summed E-state index contributed by atoms with van der Waals surface area (Å²) in [7, 11) is 4.63. The van der Waals surface area contributed by atoms with Gasteiger partial charge in [0.2, 0.25) is 0 Å². The zero-order chi connectivity index (χ0) is 64.3. The van der Waals surface area contributed by atoms with Gasteiger partial charge in [-0.2, -0.15) is 0 Å². The molecule has 0 amide bonds. The van der Waals surface area contributed by atoms with Gasteiger partial charge in [0.25, 0.3) is 0 Å². The van der Waals surface area contributed by atoms with Crippen molar-refractivity contribution in [1.82, 2.24) is 0 Å². The summed E-state index contributed by atoms with van der Waals surface area (Å²) in [6.45, 7) is 9.11. The highest BCUT2D eigenvalue weighted by molar-refractivity contribution is 5.89. The number of benzene rings is 1. The Kier molecular flexibility index (Phi) is 21.1. The van der Waals surface area contributed by atoms with E-state index in [9.17, 15) is 60.7 Å². The molecular formula is C63H94O26. The van der Waals surface area contributed by atoms with E-state index in [2.05, 4.69) is 6.92 Å². The maximum absolute atomic E-state index is 13.7. The molecule has 89 heavy (non-hydrogen) atoms. The van der Waals surface area contributed by atoms with Crippen molar-refractivity contribution in [1.29, 1.82) is 0 Å². The molecule has 0 aromatic heterocycles. The number of aliphatic hydroxyl groups is 10. The van der Waals surface area contributed by atoms with Gasteiger partial charge in [0.1, 0.15) is 90.1 Å². The number of Topliss-reactive ketones (excluding diaryl/α,β-unsaturated/α-hetero) is 1. The van der Waals surface area contributed by atoms with Gasteiger partial charge in [0.15, 0.2) is 37.2 Å². The Hall–Kier alpha value is -3.08. The van der Waals surface area contributed by atoms with Crippen LogP contribution in [0.25, 0.3) is 6.08 Å². The number of ether oxygens (including phenoxy) is 14. The summed E-state index contributed by atoms with van der Waals surface area (Å²) < 4.78 is 86.6. The van der Waals surface area contributed by atoms with E-state index in [1.54, 1.807) is 34.1 Å². The van der Waals surface area contributed by atoms with Crippen LogP contribution in [-0.2, 0) is 75.9 Å². The first-order valence-corrected chi connectivity index (χ1v) is 31.3. The number of hydrogen-bond donors (Lipinski definition) is 10. The standard InChI is InChI=1S/C63H94O26/c1-30-54(87-46-25-38(77-8)55(31(2)81-46)88-47-26-39(78-9)56(32(3)82-47)89-58-53(72)51(70)49(68)41(85-58)29-79-57-52(71)50(69)48(67)40(28-64)84-57)37(76-7)24-45(80-30)83-36-18-19-59(5)35(23-36)17-20-62(74)42(59)27-43(86-44(66)16-15-34-13-11-10-12-14-34)60(6)61(73,33(4)65)21-22-63(60,62)75/h10-17,30-32,36-43,45-58,64,67-75H,18-29H2,1-9H3/b16-15+/t30-,31-,32-,36+,37+,38+,39-,40-,41-,42-,43-,45+,46+,47+,48-,49-,50+,51+,52-,53-,54-,55-,56-,57-,58+,59+,60-,61-,62+,63-/m1/s1. The molecule has 5 saturated heterocycles. The van der Waals surface area contributed by atoms with E-state index in [-0.39, 0.29) is 44.6 Å².